The average Bonchev–Trinajstić information content (AvgIpc) is 2.93. The van der Waals surface area contributed by atoms with Crippen molar-refractivity contribution in [3.05, 3.63) is 95.8 Å². The van der Waals surface area contributed by atoms with Crippen LogP contribution in [0.1, 0.15) is 23.7 Å². The topological polar surface area (TPSA) is 88.5 Å². The van der Waals surface area contributed by atoms with E-state index in [1.807, 2.05) is 72.8 Å². The molecule has 0 unspecified atom stereocenters. The molecule has 0 atom stereocenters. The van der Waals surface area contributed by atoms with Crippen LogP contribution in [0.15, 0.2) is 84.1 Å². The molecular formula is C28H30N2O6. The quantitative estimate of drug-likeness (QED) is 0.184. The SMILES string of the molecule is COC(=O)C1(C)OCC(Cc2ccc(OCCON=C(c3ccccc3)c3ccccn3)cc2)CO1. The summed E-state index contributed by atoms with van der Waals surface area (Å²) in [5, 5.41) is 4.32. The summed E-state index contributed by atoms with van der Waals surface area (Å²) < 4.78 is 21.8. The van der Waals surface area contributed by atoms with Crippen molar-refractivity contribution in [3.63, 3.8) is 0 Å². The van der Waals surface area contributed by atoms with Gasteiger partial charge in [0.05, 0.1) is 26.0 Å². The molecular weight excluding hydrogens is 460 g/mol. The second-order valence-electron chi connectivity index (χ2n) is 8.48. The highest BCUT2D eigenvalue weighted by Crippen LogP contribution is 2.25. The zero-order chi connectivity index (χ0) is 25.2. The second-order valence-corrected chi connectivity index (χ2v) is 8.48. The molecule has 1 aliphatic heterocycles. The van der Waals surface area contributed by atoms with Crippen molar-refractivity contribution in [2.24, 2.45) is 11.1 Å². The fraction of sp³-hybridized carbons (Fsp3) is 0.321. The van der Waals surface area contributed by atoms with Crippen molar-refractivity contribution in [3.8, 4) is 5.75 Å². The Kier molecular flexibility index (Phi) is 8.65. The molecule has 0 spiro atoms. The number of hydrogen-bond donors (Lipinski definition) is 0. The number of carbonyl (C=O) groups excluding carboxylic acids is 1. The van der Waals surface area contributed by atoms with E-state index < -0.39 is 11.8 Å². The normalized spacial score (nSPS) is 19.9. The van der Waals surface area contributed by atoms with Gasteiger partial charge in [-0.15, -0.1) is 0 Å². The molecule has 1 aromatic heterocycles. The van der Waals surface area contributed by atoms with Gasteiger partial charge >= 0.3 is 5.97 Å². The first kappa shape index (κ1) is 25.3. The second kappa shape index (κ2) is 12.3. The largest absolute Gasteiger partial charge is 0.490 e. The van der Waals surface area contributed by atoms with Crippen LogP contribution in [0.3, 0.4) is 0 Å². The van der Waals surface area contributed by atoms with Crippen molar-refractivity contribution in [1.29, 1.82) is 0 Å². The van der Waals surface area contributed by atoms with E-state index in [0.29, 0.717) is 32.1 Å². The van der Waals surface area contributed by atoms with Crippen LogP contribution in [0.5, 0.6) is 5.75 Å². The Labute approximate surface area is 210 Å². The van der Waals surface area contributed by atoms with E-state index in [1.165, 1.54) is 7.11 Å². The summed E-state index contributed by atoms with van der Waals surface area (Å²) in [6.07, 6.45) is 2.50. The van der Waals surface area contributed by atoms with Crippen LogP contribution in [0.4, 0.5) is 0 Å². The molecule has 8 heteroatoms. The lowest BCUT2D eigenvalue weighted by atomic mass is 9.99. The van der Waals surface area contributed by atoms with Gasteiger partial charge in [0, 0.05) is 24.6 Å². The Hall–Kier alpha value is -3.75. The highest BCUT2D eigenvalue weighted by Gasteiger charge is 2.41. The van der Waals surface area contributed by atoms with Gasteiger partial charge in [0.1, 0.15) is 18.1 Å². The Morgan fingerprint density at radius 3 is 2.39 bits per heavy atom. The van der Waals surface area contributed by atoms with Crippen LogP contribution in [0, 0.1) is 5.92 Å². The number of pyridine rings is 1. The summed E-state index contributed by atoms with van der Waals surface area (Å²) in [6, 6.07) is 23.3. The van der Waals surface area contributed by atoms with E-state index in [9.17, 15) is 4.79 Å². The van der Waals surface area contributed by atoms with E-state index in [1.54, 1.807) is 13.1 Å². The number of ether oxygens (including phenoxy) is 4. The van der Waals surface area contributed by atoms with Gasteiger partial charge in [-0.2, -0.15) is 0 Å². The number of carbonyl (C=O) groups is 1. The number of hydrogen-bond acceptors (Lipinski definition) is 8. The van der Waals surface area contributed by atoms with Gasteiger partial charge in [0.15, 0.2) is 6.61 Å². The molecule has 1 aliphatic rings. The summed E-state index contributed by atoms with van der Waals surface area (Å²) in [4.78, 5) is 21.7. The third-order valence-corrected chi connectivity index (χ3v) is 5.75. The highest BCUT2D eigenvalue weighted by atomic mass is 16.7. The molecule has 0 N–H and O–H groups in total. The van der Waals surface area contributed by atoms with Crippen molar-refractivity contribution >= 4 is 11.7 Å². The monoisotopic (exact) mass is 490 g/mol. The van der Waals surface area contributed by atoms with Crippen LogP contribution in [0.25, 0.3) is 0 Å². The summed E-state index contributed by atoms with van der Waals surface area (Å²) in [5.41, 5.74) is 3.47. The molecule has 1 saturated heterocycles. The first-order chi connectivity index (χ1) is 17.6. The molecule has 0 bridgehead atoms. The van der Waals surface area contributed by atoms with Crippen LogP contribution >= 0.6 is 0 Å². The maximum atomic E-state index is 11.8. The van der Waals surface area contributed by atoms with E-state index in [4.69, 9.17) is 23.8 Å². The lowest BCUT2D eigenvalue weighted by molar-refractivity contribution is -0.272. The van der Waals surface area contributed by atoms with E-state index in [2.05, 4.69) is 10.1 Å². The standard InChI is InChI=1S/C28H30N2O6/c1-28(27(31)32-2)34-19-22(20-35-28)18-21-11-13-24(14-12-21)33-16-17-36-30-26(23-8-4-3-5-9-23)25-10-6-7-15-29-25/h3-15,22H,16-20H2,1-2H3. The highest BCUT2D eigenvalue weighted by molar-refractivity contribution is 6.11. The smallest absolute Gasteiger partial charge is 0.366 e. The van der Waals surface area contributed by atoms with Gasteiger partial charge in [-0.05, 0) is 36.2 Å². The zero-order valence-corrected chi connectivity index (χ0v) is 20.5. The predicted molar refractivity (Wildman–Crippen MR) is 134 cm³/mol. The lowest BCUT2D eigenvalue weighted by Crippen LogP contribution is -2.48. The molecule has 2 heterocycles. The third-order valence-electron chi connectivity index (χ3n) is 5.75. The summed E-state index contributed by atoms with van der Waals surface area (Å²) in [7, 11) is 1.32. The van der Waals surface area contributed by atoms with E-state index in [-0.39, 0.29) is 5.92 Å². The first-order valence-electron chi connectivity index (χ1n) is 11.8. The predicted octanol–water partition coefficient (Wildman–Crippen LogP) is 4.02. The van der Waals surface area contributed by atoms with Gasteiger partial charge in [0.2, 0.25) is 0 Å². The fourth-order valence-corrected chi connectivity index (χ4v) is 3.77. The zero-order valence-electron chi connectivity index (χ0n) is 20.5. The number of oxime groups is 1. The minimum absolute atomic E-state index is 0.152. The van der Waals surface area contributed by atoms with Gasteiger partial charge in [-0.25, -0.2) is 4.79 Å². The molecule has 36 heavy (non-hydrogen) atoms. The number of esters is 1. The van der Waals surface area contributed by atoms with E-state index in [0.717, 1.165) is 29.0 Å². The Morgan fingerprint density at radius 1 is 1.00 bits per heavy atom. The van der Waals surface area contributed by atoms with Gasteiger partial charge < -0.3 is 23.8 Å². The maximum absolute atomic E-state index is 11.8. The lowest BCUT2D eigenvalue weighted by Gasteiger charge is -2.35. The molecule has 3 aromatic rings. The number of rotatable bonds is 10. The number of nitrogens with zero attached hydrogens (tertiary/aromatic N) is 2. The molecule has 2 aromatic carbocycles. The molecule has 0 radical (unpaired) electrons. The summed E-state index contributed by atoms with van der Waals surface area (Å²) in [6.45, 7) is 3.07. The van der Waals surface area contributed by atoms with Crippen molar-refractivity contribution in [2.45, 2.75) is 19.1 Å². The minimum atomic E-state index is -1.32. The maximum Gasteiger partial charge on any atom is 0.366 e. The Bertz CT molecular complexity index is 1090. The van der Waals surface area contributed by atoms with Gasteiger partial charge in [0.25, 0.3) is 5.79 Å². The van der Waals surface area contributed by atoms with Crippen LogP contribution in [-0.2, 0) is 30.3 Å². The summed E-state index contributed by atoms with van der Waals surface area (Å²) in [5.74, 6) is -0.952. The third kappa shape index (κ3) is 6.68. The molecule has 8 nitrogen and oxygen atoms in total. The number of benzene rings is 2. The molecule has 4 rings (SSSR count). The Morgan fingerprint density at radius 2 is 1.72 bits per heavy atom. The van der Waals surface area contributed by atoms with Crippen LogP contribution in [-0.4, -0.2) is 56.0 Å². The van der Waals surface area contributed by atoms with Crippen LogP contribution in [0.2, 0.25) is 0 Å². The van der Waals surface area contributed by atoms with Gasteiger partial charge in [-0.3, -0.25) is 4.98 Å². The van der Waals surface area contributed by atoms with E-state index >= 15 is 0 Å². The number of aromatic nitrogens is 1. The number of methoxy groups -OCH3 is 1. The van der Waals surface area contributed by atoms with Gasteiger partial charge in [-0.1, -0.05) is 53.7 Å². The molecule has 0 aliphatic carbocycles. The molecule has 188 valence electrons. The molecule has 0 amide bonds. The van der Waals surface area contributed by atoms with Crippen molar-refractivity contribution in [1.82, 2.24) is 4.98 Å². The average molecular weight is 491 g/mol. The Balaban J connectivity index is 1.24. The van der Waals surface area contributed by atoms with Crippen LogP contribution < -0.4 is 4.74 Å². The minimum Gasteiger partial charge on any atom is -0.490 e. The molecule has 1 fully saturated rings. The van der Waals surface area contributed by atoms with Crippen molar-refractivity contribution in [2.75, 3.05) is 33.5 Å². The first-order valence-corrected chi connectivity index (χ1v) is 11.8. The van der Waals surface area contributed by atoms with Crippen molar-refractivity contribution < 1.29 is 28.6 Å². The molecule has 0 saturated carbocycles. The summed E-state index contributed by atoms with van der Waals surface area (Å²) >= 11 is 0. The fourth-order valence-electron chi connectivity index (χ4n) is 3.77.